The maximum atomic E-state index is 11.9. The Morgan fingerprint density at radius 3 is 2.33 bits per heavy atom. The van der Waals surface area contributed by atoms with Gasteiger partial charge in [0.15, 0.2) is 5.78 Å². The molecule has 0 radical (unpaired) electrons. The molecule has 0 aliphatic rings. The molecule has 5 heteroatoms. The molecule has 4 nitrogen and oxygen atoms in total. The summed E-state index contributed by atoms with van der Waals surface area (Å²) in [6.07, 6.45) is 1.83. The zero-order valence-electron chi connectivity index (χ0n) is 13.2. The third kappa shape index (κ3) is 8.59. The van der Waals surface area contributed by atoms with Gasteiger partial charge in [-0.2, -0.15) is 5.26 Å². The summed E-state index contributed by atoms with van der Waals surface area (Å²) in [7, 11) is 0. The van der Waals surface area contributed by atoms with Crippen LogP contribution in [-0.2, 0) is 16.0 Å². The van der Waals surface area contributed by atoms with Gasteiger partial charge in [-0.15, -0.1) is 6.58 Å². The van der Waals surface area contributed by atoms with E-state index in [9.17, 15) is 9.18 Å². The second-order valence-corrected chi connectivity index (χ2v) is 4.58. The number of halogens is 1. The Bertz CT molecular complexity index is 666. The van der Waals surface area contributed by atoms with Crippen LogP contribution in [0.3, 0.4) is 0 Å². The van der Waals surface area contributed by atoms with Crippen LogP contribution in [0.5, 0.6) is 0 Å². The third-order valence-corrected chi connectivity index (χ3v) is 2.76. The summed E-state index contributed by atoms with van der Waals surface area (Å²) in [5.41, 5.74) is 1.29. The highest BCUT2D eigenvalue weighted by Gasteiger charge is 2.07. The van der Waals surface area contributed by atoms with Gasteiger partial charge in [0, 0.05) is 6.42 Å². The molecule has 0 atom stereocenters. The Morgan fingerprint density at radius 1 is 1.17 bits per heavy atom. The number of ketones is 1. The highest BCUT2D eigenvalue weighted by atomic mass is 19.1. The van der Waals surface area contributed by atoms with Crippen molar-refractivity contribution in [1.82, 2.24) is 0 Å². The molecule has 24 heavy (non-hydrogen) atoms. The molecule has 126 valence electrons. The Morgan fingerprint density at radius 2 is 1.79 bits per heavy atom. The van der Waals surface area contributed by atoms with E-state index >= 15 is 0 Å². The molecule has 0 aliphatic heterocycles. The molecule has 0 bridgehead atoms. The second-order valence-electron chi connectivity index (χ2n) is 4.58. The van der Waals surface area contributed by atoms with Crippen LogP contribution >= 0.6 is 0 Å². The Hall–Kier alpha value is -2.81. The number of hydrogen-bond acceptors (Lipinski definition) is 3. The lowest BCUT2D eigenvalue weighted by Gasteiger charge is -2.03. The lowest BCUT2D eigenvalue weighted by Crippen LogP contribution is -2.12. The van der Waals surface area contributed by atoms with Crippen molar-refractivity contribution in [2.24, 2.45) is 0 Å². The van der Waals surface area contributed by atoms with Crippen molar-refractivity contribution in [3.05, 3.63) is 84.2 Å². The molecule has 0 heterocycles. The van der Waals surface area contributed by atoms with Gasteiger partial charge in [0.2, 0.25) is 0 Å². The molecule has 2 aromatic rings. The number of benzene rings is 2. The van der Waals surface area contributed by atoms with Gasteiger partial charge in [0.05, 0.1) is 18.2 Å². The monoisotopic (exact) mass is 329 g/mol. The maximum absolute atomic E-state index is 11.9. The molecular weight excluding hydrogens is 309 g/mol. The number of hydrogen-bond donors (Lipinski definition) is 0. The summed E-state index contributed by atoms with van der Waals surface area (Å²) in [5, 5.41) is 8.84. The van der Waals surface area contributed by atoms with Crippen LogP contribution in [0.4, 0.5) is 4.39 Å². The first-order valence-electron chi connectivity index (χ1n) is 7.06. The minimum atomic E-state index is -0.178. The Kier molecular flexibility index (Phi) is 11.2. The molecule has 0 amide bonds. The third-order valence-electron chi connectivity index (χ3n) is 2.76. The number of Topliss-reactive ketones (excluding diaryl/α,β-unsaturated/α-hetero) is 1. The largest absolute Gasteiger partial charge is 0.412 e. The van der Waals surface area contributed by atoms with Crippen molar-refractivity contribution >= 4 is 5.78 Å². The summed E-state index contributed by atoms with van der Waals surface area (Å²) in [6.45, 7) is 3.92. The molecule has 2 rings (SSSR count). The van der Waals surface area contributed by atoms with Gasteiger partial charge in [-0.1, -0.05) is 42.5 Å². The number of carbonyl (C=O) groups is 1. The first kappa shape index (κ1) is 21.2. The number of rotatable bonds is 6. The highest BCUT2D eigenvalue weighted by molar-refractivity contribution is 5.82. The van der Waals surface area contributed by atoms with Crippen molar-refractivity contribution in [3.8, 4) is 6.07 Å². The summed E-state index contributed by atoms with van der Waals surface area (Å²) < 4.78 is 16.9. The molecule has 0 aromatic heterocycles. The second kappa shape index (κ2) is 12.7. The summed E-state index contributed by atoms with van der Waals surface area (Å²) in [4.78, 5) is 11.5. The molecule has 0 unspecified atom stereocenters. The van der Waals surface area contributed by atoms with Gasteiger partial charge in [-0.3, -0.25) is 4.79 Å². The van der Waals surface area contributed by atoms with E-state index in [1.54, 1.807) is 42.5 Å². The van der Waals surface area contributed by atoms with Gasteiger partial charge in [0.1, 0.15) is 12.4 Å². The molecule has 0 saturated carbocycles. The lowest BCUT2D eigenvalue weighted by molar-refractivity contribution is -0.122. The Balaban J connectivity index is 0.000000555. The van der Waals surface area contributed by atoms with E-state index in [1.807, 2.05) is 6.07 Å². The lowest BCUT2D eigenvalue weighted by atomic mass is 10.0. The van der Waals surface area contributed by atoms with Crippen LogP contribution in [0, 0.1) is 17.1 Å². The quantitative estimate of drug-likeness (QED) is 0.603. The smallest absolute Gasteiger partial charge is 0.162 e. The van der Waals surface area contributed by atoms with Crippen LogP contribution < -0.4 is 0 Å². The summed E-state index contributed by atoms with van der Waals surface area (Å²) in [5.74, 6) is -0.216. The predicted octanol–water partition coefficient (Wildman–Crippen LogP) is 2.87. The van der Waals surface area contributed by atoms with Gasteiger partial charge >= 0.3 is 0 Å². The van der Waals surface area contributed by atoms with Crippen LogP contribution in [0.25, 0.3) is 0 Å². The summed E-state index contributed by atoms with van der Waals surface area (Å²) in [6, 6.07) is 17.1. The average molecular weight is 329 g/mol. The van der Waals surface area contributed by atoms with Crippen molar-refractivity contribution < 1.29 is 19.4 Å². The van der Waals surface area contributed by atoms with Gasteiger partial charge < -0.3 is 10.2 Å². The number of nitriles is 1. The molecular formula is C19H20FNO3. The van der Waals surface area contributed by atoms with Gasteiger partial charge in [-0.25, -0.2) is 4.39 Å². The molecule has 0 spiro atoms. The molecule has 0 aliphatic carbocycles. The van der Waals surface area contributed by atoms with E-state index in [4.69, 9.17) is 10.00 Å². The van der Waals surface area contributed by atoms with Gasteiger partial charge in [0.25, 0.3) is 0 Å². The normalized spacial score (nSPS) is 8.83. The maximum Gasteiger partial charge on any atom is 0.162 e. The number of carbonyl (C=O) groups excluding carboxylic acids is 1. The van der Waals surface area contributed by atoms with E-state index in [1.165, 1.54) is 12.1 Å². The predicted molar refractivity (Wildman–Crippen MR) is 90.9 cm³/mol. The van der Waals surface area contributed by atoms with Crippen LogP contribution in [0.2, 0.25) is 0 Å². The fourth-order valence-corrected chi connectivity index (χ4v) is 1.72. The standard InChI is InChI=1S/C13H13NO2.C6H5F.H2O/c1-2-7-16-10-13(15)8-11-5-3-4-6-12(11)9-14;7-6-4-2-1-3-5-6;/h2-6H,1,7-8,10H2;1-5H;1H2. The highest BCUT2D eigenvalue weighted by Crippen LogP contribution is 2.08. The minimum Gasteiger partial charge on any atom is -0.412 e. The fourth-order valence-electron chi connectivity index (χ4n) is 1.72. The van der Waals surface area contributed by atoms with Gasteiger partial charge in [-0.05, 0) is 23.8 Å². The number of nitrogens with zero attached hydrogens (tertiary/aromatic N) is 1. The van der Waals surface area contributed by atoms with Crippen molar-refractivity contribution in [2.75, 3.05) is 13.2 Å². The fraction of sp³-hybridized carbons (Fsp3) is 0.158. The van der Waals surface area contributed by atoms with Crippen molar-refractivity contribution in [3.63, 3.8) is 0 Å². The first-order chi connectivity index (χ1) is 11.2. The zero-order chi connectivity index (χ0) is 16.9. The van der Waals surface area contributed by atoms with Crippen LogP contribution in [0.1, 0.15) is 11.1 Å². The van der Waals surface area contributed by atoms with E-state index in [0.29, 0.717) is 12.2 Å². The molecule has 0 fully saturated rings. The zero-order valence-corrected chi connectivity index (χ0v) is 13.2. The van der Waals surface area contributed by atoms with Crippen molar-refractivity contribution in [2.45, 2.75) is 6.42 Å². The first-order valence-corrected chi connectivity index (χ1v) is 7.06. The SMILES string of the molecule is C=CCOCC(=O)Cc1ccccc1C#N.Fc1ccccc1.O. The number of ether oxygens (including phenoxy) is 1. The topological polar surface area (TPSA) is 81.6 Å². The van der Waals surface area contributed by atoms with Crippen molar-refractivity contribution in [1.29, 1.82) is 5.26 Å². The van der Waals surface area contributed by atoms with E-state index in [2.05, 4.69) is 12.6 Å². The van der Waals surface area contributed by atoms with Crippen LogP contribution in [0.15, 0.2) is 67.3 Å². The summed E-state index contributed by atoms with van der Waals surface area (Å²) >= 11 is 0. The van der Waals surface area contributed by atoms with E-state index in [-0.39, 0.29) is 30.1 Å². The molecule has 0 saturated heterocycles. The Labute approximate surface area is 141 Å². The van der Waals surface area contributed by atoms with E-state index < -0.39 is 0 Å². The minimum absolute atomic E-state index is 0. The molecule has 2 N–H and O–H groups in total. The molecule has 2 aromatic carbocycles. The average Bonchev–Trinajstić information content (AvgIpc) is 2.57. The van der Waals surface area contributed by atoms with Crippen LogP contribution in [-0.4, -0.2) is 24.5 Å². The van der Waals surface area contributed by atoms with E-state index in [0.717, 1.165) is 5.56 Å².